The van der Waals surface area contributed by atoms with Crippen LogP contribution in [0.4, 0.5) is 11.4 Å². The molecule has 40 heavy (non-hydrogen) atoms. The Labute approximate surface area is 242 Å². The van der Waals surface area contributed by atoms with Crippen LogP contribution < -0.4 is 4.90 Å². The number of anilines is 2. The zero-order chi connectivity index (χ0) is 28.3. The highest BCUT2D eigenvalue weighted by atomic mass is 15.2. The van der Waals surface area contributed by atoms with Crippen LogP contribution >= 0.6 is 0 Å². The molecule has 6 rings (SSSR count). The van der Waals surface area contributed by atoms with Crippen molar-refractivity contribution in [3.63, 3.8) is 0 Å². The Balaban J connectivity index is 1.52. The lowest BCUT2D eigenvalue weighted by molar-refractivity contribution is 0.224. The van der Waals surface area contributed by atoms with Gasteiger partial charge in [0.05, 0.1) is 0 Å². The molecule has 0 atom stereocenters. The van der Waals surface area contributed by atoms with E-state index in [0.29, 0.717) is 11.3 Å². The smallest absolute Gasteiger partial charge is 0.0454 e. The van der Waals surface area contributed by atoms with Gasteiger partial charge in [-0.05, 0) is 121 Å². The van der Waals surface area contributed by atoms with Crippen molar-refractivity contribution in [1.82, 2.24) is 0 Å². The van der Waals surface area contributed by atoms with Gasteiger partial charge in [-0.3, -0.25) is 0 Å². The second-order valence-electron chi connectivity index (χ2n) is 14.5. The van der Waals surface area contributed by atoms with E-state index in [4.69, 9.17) is 0 Å². The minimum atomic E-state index is -0.0826. The molecular formula is C39H45N. The third-order valence-electron chi connectivity index (χ3n) is 9.65. The van der Waals surface area contributed by atoms with E-state index in [9.17, 15) is 0 Å². The molecule has 1 saturated carbocycles. The van der Waals surface area contributed by atoms with E-state index in [1.807, 2.05) is 0 Å². The van der Waals surface area contributed by atoms with Crippen molar-refractivity contribution < 1.29 is 0 Å². The summed E-state index contributed by atoms with van der Waals surface area (Å²) in [5.74, 6) is 0.581. The SMILES string of the molecule is CC1(C)CCC(c2cc3c(cc2N(c2ccc(-c4ccccc4)cc2)C(C)(C)C)C(C)(C)c2ccccc2-3)CC1. The molecular weight excluding hydrogens is 482 g/mol. The molecule has 2 aliphatic carbocycles. The summed E-state index contributed by atoms with van der Waals surface area (Å²) in [5.41, 5.74) is 12.8. The topological polar surface area (TPSA) is 3.24 Å². The highest BCUT2D eigenvalue weighted by Crippen LogP contribution is 2.54. The molecule has 1 heteroatoms. The summed E-state index contributed by atoms with van der Waals surface area (Å²) in [6.07, 6.45) is 5.10. The van der Waals surface area contributed by atoms with Gasteiger partial charge >= 0.3 is 0 Å². The third-order valence-corrected chi connectivity index (χ3v) is 9.65. The fourth-order valence-corrected chi connectivity index (χ4v) is 7.31. The zero-order valence-corrected chi connectivity index (χ0v) is 25.5. The molecule has 0 unspecified atom stereocenters. The lowest BCUT2D eigenvalue weighted by atomic mass is 9.70. The highest BCUT2D eigenvalue weighted by Gasteiger charge is 2.39. The maximum absolute atomic E-state index is 2.62. The normalized spacial score (nSPS) is 17.8. The van der Waals surface area contributed by atoms with Gasteiger partial charge in [-0.1, -0.05) is 94.4 Å². The van der Waals surface area contributed by atoms with E-state index in [2.05, 4.69) is 144 Å². The van der Waals surface area contributed by atoms with Crippen LogP contribution in [0.5, 0.6) is 0 Å². The predicted molar refractivity (Wildman–Crippen MR) is 173 cm³/mol. The average Bonchev–Trinajstić information content (AvgIpc) is 3.15. The van der Waals surface area contributed by atoms with Crippen molar-refractivity contribution in [3.8, 4) is 22.3 Å². The number of hydrogen-bond acceptors (Lipinski definition) is 1. The van der Waals surface area contributed by atoms with Gasteiger partial charge in [0.2, 0.25) is 0 Å². The standard InChI is InChI=1S/C39H45N/c1-37(2,3)40(30-19-17-28(18-20-30)27-13-9-8-10-14-27)36-26-35-33(31-15-11-12-16-34(31)39(35,6)7)25-32(36)29-21-23-38(4,5)24-22-29/h8-20,25-26,29H,21-24H2,1-7H3. The molecule has 4 aromatic carbocycles. The second-order valence-corrected chi connectivity index (χ2v) is 14.5. The van der Waals surface area contributed by atoms with Crippen LogP contribution in [0.1, 0.15) is 96.8 Å². The summed E-state index contributed by atoms with van der Waals surface area (Å²) < 4.78 is 0. The second kappa shape index (κ2) is 9.65. The zero-order valence-electron chi connectivity index (χ0n) is 25.5. The molecule has 206 valence electrons. The quantitative estimate of drug-likeness (QED) is 0.255. The fraction of sp³-hybridized carbons (Fsp3) is 0.385. The van der Waals surface area contributed by atoms with E-state index >= 15 is 0 Å². The van der Waals surface area contributed by atoms with E-state index in [-0.39, 0.29) is 11.0 Å². The van der Waals surface area contributed by atoms with E-state index < -0.39 is 0 Å². The Bertz CT molecular complexity index is 1510. The van der Waals surface area contributed by atoms with Gasteiger partial charge in [0.15, 0.2) is 0 Å². The summed E-state index contributed by atoms with van der Waals surface area (Å²) in [6.45, 7) is 16.8. The number of benzene rings is 4. The Morgan fingerprint density at radius 1 is 0.650 bits per heavy atom. The third kappa shape index (κ3) is 4.68. The van der Waals surface area contributed by atoms with Gasteiger partial charge < -0.3 is 4.90 Å². The van der Waals surface area contributed by atoms with Crippen LogP contribution in [0.3, 0.4) is 0 Å². The molecule has 0 heterocycles. The molecule has 0 radical (unpaired) electrons. The van der Waals surface area contributed by atoms with Crippen molar-refractivity contribution in [2.45, 2.75) is 91.0 Å². The molecule has 1 fully saturated rings. The van der Waals surface area contributed by atoms with Crippen LogP contribution in [-0.2, 0) is 5.41 Å². The molecule has 0 bridgehead atoms. The lowest BCUT2D eigenvalue weighted by Crippen LogP contribution is -2.38. The maximum Gasteiger partial charge on any atom is 0.0454 e. The number of hydrogen-bond donors (Lipinski definition) is 0. The maximum atomic E-state index is 2.62. The van der Waals surface area contributed by atoms with Crippen molar-refractivity contribution in [3.05, 3.63) is 108 Å². The minimum Gasteiger partial charge on any atom is -0.336 e. The van der Waals surface area contributed by atoms with E-state index in [1.165, 1.54) is 76.0 Å². The van der Waals surface area contributed by atoms with Crippen LogP contribution in [0, 0.1) is 5.41 Å². The van der Waals surface area contributed by atoms with Gasteiger partial charge in [0.1, 0.15) is 0 Å². The predicted octanol–water partition coefficient (Wildman–Crippen LogP) is 11.3. The lowest BCUT2D eigenvalue weighted by Gasteiger charge is -2.42. The van der Waals surface area contributed by atoms with Crippen LogP contribution in [0.2, 0.25) is 0 Å². The molecule has 0 spiro atoms. The number of fused-ring (bicyclic) bond motifs is 3. The van der Waals surface area contributed by atoms with Gasteiger partial charge in [0.25, 0.3) is 0 Å². The number of rotatable bonds is 4. The van der Waals surface area contributed by atoms with E-state index in [1.54, 1.807) is 0 Å². The molecule has 0 saturated heterocycles. The van der Waals surface area contributed by atoms with Crippen LogP contribution in [0.15, 0.2) is 91.0 Å². The Hall–Kier alpha value is -3.32. The summed E-state index contributed by atoms with van der Waals surface area (Å²) in [7, 11) is 0. The summed E-state index contributed by atoms with van der Waals surface area (Å²) in [5, 5.41) is 0. The molecule has 1 nitrogen and oxygen atoms in total. The first-order valence-electron chi connectivity index (χ1n) is 15.2. The molecule has 0 aromatic heterocycles. The van der Waals surface area contributed by atoms with E-state index in [0.717, 1.165) is 0 Å². The Morgan fingerprint density at radius 2 is 1.25 bits per heavy atom. The molecule has 4 aromatic rings. The van der Waals surface area contributed by atoms with Crippen molar-refractivity contribution in [2.24, 2.45) is 5.41 Å². The van der Waals surface area contributed by atoms with Crippen LogP contribution in [0.25, 0.3) is 22.3 Å². The largest absolute Gasteiger partial charge is 0.336 e. The van der Waals surface area contributed by atoms with Crippen molar-refractivity contribution >= 4 is 11.4 Å². The highest BCUT2D eigenvalue weighted by molar-refractivity contribution is 5.85. The van der Waals surface area contributed by atoms with Crippen LogP contribution in [-0.4, -0.2) is 5.54 Å². The van der Waals surface area contributed by atoms with Gasteiger partial charge in [-0.25, -0.2) is 0 Å². The Morgan fingerprint density at radius 3 is 1.90 bits per heavy atom. The molecule has 0 amide bonds. The van der Waals surface area contributed by atoms with Gasteiger partial charge in [-0.15, -0.1) is 0 Å². The summed E-state index contributed by atoms with van der Waals surface area (Å²) >= 11 is 0. The summed E-state index contributed by atoms with van der Waals surface area (Å²) in [4.78, 5) is 2.62. The minimum absolute atomic E-state index is 0.0194. The average molecular weight is 528 g/mol. The first kappa shape index (κ1) is 26.9. The fourth-order valence-electron chi connectivity index (χ4n) is 7.31. The van der Waals surface area contributed by atoms with Gasteiger partial charge in [-0.2, -0.15) is 0 Å². The molecule has 0 aliphatic heterocycles. The first-order chi connectivity index (χ1) is 19.0. The first-order valence-corrected chi connectivity index (χ1v) is 15.2. The Kier molecular flexibility index (Phi) is 6.49. The monoisotopic (exact) mass is 527 g/mol. The number of nitrogens with zero attached hydrogens (tertiary/aromatic N) is 1. The van der Waals surface area contributed by atoms with Crippen molar-refractivity contribution in [1.29, 1.82) is 0 Å². The molecule has 0 N–H and O–H groups in total. The van der Waals surface area contributed by atoms with Crippen molar-refractivity contribution in [2.75, 3.05) is 4.90 Å². The molecule has 2 aliphatic rings. The van der Waals surface area contributed by atoms with Gasteiger partial charge in [0, 0.05) is 22.3 Å². The summed E-state index contributed by atoms with van der Waals surface area (Å²) in [6, 6.07) is 34.2.